The first kappa shape index (κ1) is 14.0. The fourth-order valence-corrected chi connectivity index (χ4v) is 2.88. The molecule has 0 amide bonds. The molecule has 0 bridgehead atoms. The lowest BCUT2D eigenvalue weighted by Gasteiger charge is -2.16. The fourth-order valence-electron chi connectivity index (χ4n) is 1.79. The molecule has 0 fully saturated rings. The summed E-state index contributed by atoms with van der Waals surface area (Å²) in [5.41, 5.74) is 4.41. The third-order valence-corrected chi connectivity index (χ3v) is 4.15. The number of halogens is 1. The molecule has 0 radical (unpaired) electrons. The summed E-state index contributed by atoms with van der Waals surface area (Å²) in [4.78, 5) is 4.92. The molecule has 2 aromatic rings. The number of nitrogens with two attached hydrogens (primary N) is 1. The van der Waals surface area contributed by atoms with Crippen molar-refractivity contribution in [1.82, 2.24) is 10.4 Å². The Kier molecular flexibility index (Phi) is 4.90. The molecule has 0 aliphatic rings. The van der Waals surface area contributed by atoms with Gasteiger partial charge in [0.05, 0.1) is 12.2 Å². The standard InChI is InChI=1S/C14H16FN3S/c1-10-4-2-3-5-14(10)19-9-13(18-16)11-6-7-17-8-12(11)15/h2-8,13,18H,9,16H2,1H3. The summed E-state index contributed by atoms with van der Waals surface area (Å²) < 4.78 is 13.7. The van der Waals surface area contributed by atoms with E-state index in [1.807, 2.05) is 12.1 Å². The number of thioether (sulfide) groups is 1. The lowest BCUT2D eigenvalue weighted by molar-refractivity contribution is 0.542. The van der Waals surface area contributed by atoms with E-state index in [0.717, 1.165) is 0 Å². The molecule has 1 aromatic heterocycles. The van der Waals surface area contributed by atoms with Crippen molar-refractivity contribution in [2.24, 2.45) is 5.84 Å². The number of nitrogens with one attached hydrogen (secondary N) is 1. The van der Waals surface area contributed by atoms with E-state index in [-0.39, 0.29) is 11.9 Å². The van der Waals surface area contributed by atoms with Crippen molar-refractivity contribution in [2.45, 2.75) is 17.9 Å². The molecule has 3 N–H and O–H groups in total. The summed E-state index contributed by atoms with van der Waals surface area (Å²) in [6.45, 7) is 2.06. The van der Waals surface area contributed by atoms with Crippen LogP contribution in [-0.4, -0.2) is 10.7 Å². The summed E-state index contributed by atoms with van der Waals surface area (Å²) >= 11 is 1.65. The molecular formula is C14H16FN3S. The molecule has 1 unspecified atom stereocenters. The number of hydrogen-bond acceptors (Lipinski definition) is 4. The molecule has 2 rings (SSSR count). The first-order valence-corrected chi connectivity index (χ1v) is 6.95. The monoisotopic (exact) mass is 277 g/mol. The highest BCUT2D eigenvalue weighted by molar-refractivity contribution is 7.99. The summed E-state index contributed by atoms with van der Waals surface area (Å²) in [6.07, 6.45) is 2.78. The number of aryl methyl sites for hydroxylation is 1. The summed E-state index contributed by atoms with van der Waals surface area (Å²) in [5.74, 6) is 5.84. The second kappa shape index (κ2) is 6.65. The third-order valence-electron chi connectivity index (χ3n) is 2.88. The normalized spacial score (nSPS) is 12.4. The molecule has 3 nitrogen and oxygen atoms in total. The van der Waals surface area contributed by atoms with Crippen LogP contribution in [0.5, 0.6) is 0 Å². The van der Waals surface area contributed by atoms with Crippen LogP contribution in [0, 0.1) is 12.7 Å². The van der Waals surface area contributed by atoms with Gasteiger partial charge in [-0.25, -0.2) is 4.39 Å². The molecule has 0 saturated heterocycles. The quantitative estimate of drug-likeness (QED) is 0.501. The highest BCUT2D eigenvalue weighted by atomic mass is 32.2. The first-order valence-electron chi connectivity index (χ1n) is 5.96. The minimum Gasteiger partial charge on any atom is -0.271 e. The third kappa shape index (κ3) is 3.53. The van der Waals surface area contributed by atoms with Crippen LogP contribution in [0.3, 0.4) is 0 Å². The smallest absolute Gasteiger partial charge is 0.146 e. The van der Waals surface area contributed by atoms with E-state index in [0.29, 0.717) is 11.3 Å². The SMILES string of the molecule is Cc1ccccc1SCC(NN)c1ccncc1F. The average molecular weight is 277 g/mol. The molecule has 1 heterocycles. The van der Waals surface area contributed by atoms with Crippen molar-refractivity contribution in [3.8, 4) is 0 Å². The van der Waals surface area contributed by atoms with E-state index in [9.17, 15) is 4.39 Å². The Morgan fingerprint density at radius 1 is 1.37 bits per heavy atom. The highest BCUT2D eigenvalue weighted by Crippen LogP contribution is 2.27. The molecule has 0 aliphatic heterocycles. The van der Waals surface area contributed by atoms with E-state index in [2.05, 4.69) is 29.5 Å². The van der Waals surface area contributed by atoms with Gasteiger partial charge in [0.1, 0.15) is 5.82 Å². The van der Waals surface area contributed by atoms with Crippen molar-refractivity contribution >= 4 is 11.8 Å². The number of hydrazine groups is 1. The molecule has 0 spiro atoms. The van der Waals surface area contributed by atoms with Crippen molar-refractivity contribution in [2.75, 3.05) is 5.75 Å². The van der Waals surface area contributed by atoms with Crippen LogP contribution in [0.2, 0.25) is 0 Å². The molecule has 0 aliphatic carbocycles. The highest BCUT2D eigenvalue weighted by Gasteiger charge is 2.14. The Bertz CT molecular complexity index is 548. The Hall–Kier alpha value is -1.43. The van der Waals surface area contributed by atoms with Gasteiger partial charge >= 0.3 is 0 Å². The predicted molar refractivity (Wildman–Crippen MR) is 76.2 cm³/mol. The Morgan fingerprint density at radius 2 is 2.16 bits per heavy atom. The number of benzene rings is 1. The van der Waals surface area contributed by atoms with E-state index in [4.69, 9.17) is 5.84 Å². The molecule has 19 heavy (non-hydrogen) atoms. The van der Waals surface area contributed by atoms with Crippen molar-refractivity contribution in [3.05, 3.63) is 59.7 Å². The Balaban J connectivity index is 2.09. The van der Waals surface area contributed by atoms with Gasteiger partial charge < -0.3 is 0 Å². The Morgan fingerprint density at radius 3 is 2.84 bits per heavy atom. The van der Waals surface area contributed by atoms with E-state index in [1.54, 1.807) is 24.0 Å². The zero-order valence-corrected chi connectivity index (χ0v) is 11.5. The van der Waals surface area contributed by atoms with Gasteiger partial charge in [0.25, 0.3) is 0 Å². The first-order chi connectivity index (χ1) is 9.22. The molecule has 1 aromatic carbocycles. The molecule has 0 saturated carbocycles. The number of hydrogen-bond donors (Lipinski definition) is 2. The van der Waals surface area contributed by atoms with E-state index < -0.39 is 0 Å². The van der Waals surface area contributed by atoms with Gasteiger partial charge in [-0.1, -0.05) is 18.2 Å². The van der Waals surface area contributed by atoms with Crippen LogP contribution < -0.4 is 11.3 Å². The average Bonchev–Trinajstić information content (AvgIpc) is 2.43. The van der Waals surface area contributed by atoms with Gasteiger partial charge in [0, 0.05) is 22.4 Å². The van der Waals surface area contributed by atoms with Gasteiger partial charge in [0.2, 0.25) is 0 Å². The largest absolute Gasteiger partial charge is 0.271 e. The van der Waals surface area contributed by atoms with Crippen LogP contribution in [0.1, 0.15) is 17.2 Å². The number of pyridine rings is 1. The summed E-state index contributed by atoms with van der Waals surface area (Å²) in [7, 11) is 0. The van der Waals surface area contributed by atoms with Gasteiger partial charge in [-0.05, 0) is 24.6 Å². The summed E-state index contributed by atoms with van der Waals surface area (Å²) in [5, 5.41) is 0. The van der Waals surface area contributed by atoms with Crippen molar-refractivity contribution < 1.29 is 4.39 Å². The second-order valence-corrected chi connectivity index (χ2v) is 5.25. The van der Waals surface area contributed by atoms with Crippen LogP contribution in [0.25, 0.3) is 0 Å². The second-order valence-electron chi connectivity index (χ2n) is 4.19. The maximum atomic E-state index is 13.7. The zero-order valence-electron chi connectivity index (χ0n) is 10.6. The predicted octanol–water partition coefficient (Wildman–Crippen LogP) is 2.83. The van der Waals surface area contributed by atoms with Gasteiger partial charge in [-0.2, -0.15) is 0 Å². The lowest BCUT2D eigenvalue weighted by Crippen LogP contribution is -2.30. The van der Waals surface area contributed by atoms with Crippen molar-refractivity contribution in [3.63, 3.8) is 0 Å². The van der Waals surface area contributed by atoms with Crippen LogP contribution in [0.15, 0.2) is 47.6 Å². The number of nitrogens with zero attached hydrogens (tertiary/aromatic N) is 1. The molecule has 1 atom stereocenters. The Labute approximate surface area is 116 Å². The fraction of sp³-hybridized carbons (Fsp3) is 0.214. The lowest BCUT2D eigenvalue weighted by atomic mass is 10.1. The summed E-state index contributed by atoms with van der Waals surface area (Å²) in [6, 6.07) is 9.51. The van der Waals surface area contributed by atoms with E-state index >= 15 is 0 Å². The molecule has 100 valence electrons. The van der Waals surface area contributed by atoms with Crippen LogP contribution in [0.4, 0.5) is 4.39 Å². The van der Waals surface area contributed by atoms with E-state index in [1.165, 1.54) is 16.7 Å². The maximum absolute atomic E-state index is 13.7. The molecule has 5 heteroatoms. The number of rotatable bonds is 5. The minimum absolute atomic E-state index is 0.243. The topological polar surface area (TPSA) is 50.9 Å². The van der Waals surface area contributed by atoms with Gasteiger partial charge in [0.15, 0.2) is 0 Å². The van der Waals surface area contributed by atoms with Gasteiger partial charge in [-0.3, -0.25) is 16.3 Å². The van der Waals surface area contributed by atoms with Crippen LogP contribution >= 0.6 is 11.8 Å². The number of aromatic nitrogens is 1. The van der Waals surface area contributed by atoms with Crippen molar-refractivity contribution in [1.29, 1.82) is 0 Å². The molecular weight excluding hydrogens is 261 g/mol. The van der Waals surface area contributed by atoms with Gasteiger partial charge in [-0.15, -0.1) is 11.8 Å². The van der Waals surface area contributed by atoms with Crippen LogP contribution in [-0.2, 0) is 0 Å². The zero-order chi connectivity index (χ0) is 13.7. The minimum atomic E-state index is -0.337. The maximum Gasteiger partial charge on any atom is 0.146 e.